The molecular formula is C16H22N4O. The zero-order valence-corrected chi connectivity index (χ0v) is 12.2. The number of aromatic nitrogens is 2. The molecule has 0 saturated carbocycles. The summed E-state index contributed by atoms with van der Waals surface area (Å²) in [4.78, 5) is 8.76. The van der Waals surface area contributed by atoms with Crippen molar-refractivity contribution < 1.29 is 4.74 Å². The van der Waals surface area contributed by atoms with Gasteiger partial charge in [-0.1, -0.05) is 18.6 Å². The number of fused-ring (bicyclic) bond motifs is 1. The first-order chi connectivity index (χ1) is 10.3. The number of para-hydroxylation sites is 2. The van der Waals surface area contributed by atoms with E-state index in [9.17, 15) is 0 Å². The number of nitrogens with two attached hydrogens (primary N) is 1. The van der Waals surface area contributed by atoms with Gasteiger partial charge < -0.3 is 15.8 Å². The first kappa shape index (κ1) is 14.1. The third kappa shape index (κ3) is 3.61. The van der Waals surface area contributed by atoms with Gasteiger partial charge >= 0.3 is 0 Å². The van der Waals surface area contributed by atoms with Crippen LogP contribution in [0.15, 0.2) is 24.3 Å². The first-order valence-corrected chi connectivity index (χ1v) is 7.71. The number of nitrogen functional groups attached to an aromatic ring is 1. The highest BCUT2D eigenvalue weighted by Gasteiger charge is 2.12. The lowest BCUT2D eigenvalue weighted by molar-refractivity contribution is 0.278. The number of rotatable bonds is 5. The highest BCUT2D eigenvalue weighted by Crippen LogP contribution is 2.21. The molecule has 5 nitrogen and oxygen atoms in total. The maximum absolute atomic E-state index is 5.90. The number of benzene rings is 1. The average Bonchev–Trinajstić information content (AvgIpc) is 2.53. The number of piperidine rings is 1. The zero-order valence-electron chi connectivity index (χ0n) is 12.2. The van der Waals surface area contributed by atoms with E-state index in [2.05, 4.69) is 15.3 Å². The Morgan fingerprint density at radius 1 is 1.19 bits per heavy atom. The average molecular weight is 286 g/mol. The van der Waals surface area contributed by atoms with Crippen molar-refractivity contribution in [2.75, 3.05) is 18.9 Å². The number of nitrogens with one attached hydrogen (secondary N) is 1. The van der Waals surface area contributed by atoms with E-state index in [1.54, 1.807) is 0 Å². The molecule has 112 valence electrons. The molecule has 0 unspecified atom stereocenters. The predicted octanol–water partition coefficient (Wildman–Crippen LogP) is 2.51. The summed E-state index contributed by atoms with van der Waals surface area (Å²) in [5, 5.41) is 3.55. The Morgan fingerprint density at radius 2 is 2.00 bits per heavy atom. The summed E-state index contributed by atoms with van der Waals surface area (Å²) in [5.41, 5.74) is 7.52. The van der Waals surface area contributed by atoms with Crippen LogP contribution < -0.4 is 15.8 Å². The van der Waals surface area contributed by atoms with Crippen LogP contribution in [0.5, 0.6) is 5.88 Å². The Hall–Kier alpha value is -1.88. The van der Waals surface area contributed by atoms with E-state index in [0.717, 1.165) is 30.4 Å². The van der Waals surface area contributed by atoms with E-state index in [1.165, 1.54) is 19.3 Å². The Balaban J connectivity index is 1.53. The third-order valence-electron chi connectivity index (χ3n) is 3.91. The molecular weight excluding hydrogens is 264 g/mol. The van der Waals surface area contributed by atoms with Crippen LogP contribution in [0, 0.1) is 0 Å². The molecule has 1 aliphatic heterocycles. The molecule has 0 spiro atoms. The van der Waals surface area contributed by atoms with Crippen molar-refractivity contribution in [2.24, 2.45) is 0 Å². The van der Waals surface area contributed by atoms with Gasteiger partial charge in [0.1, 0.15) is 0 Å². The first-order valence-electron chi connectivity index (χ1n) is 7.71. The molecule has 2 aromatic rings. The van der Waals surface area contributed by atoms with E-state index >= 15 is 0 Å². The van der Waals surface area contributed by atoms with Crippen molar-refractivity contribution in [1.82, 2.24) is 15.3 Å². The standard InChI is InChI=1S/C16H22N4O/c17-15-16(20-14-9-2-1-8-13(14)19-15)21-11-5-7-12-6-3-4-10-18-12/h1-2,8-9,12,18H,3-7,10-11H2,(H2,17,19)/t12-/m1/s1. The largest absolute Gasteiger partial charge is 0.475 e. The van der Waals surface area contributed by atoms with Crippen molar-refractivity contribution in [3.63, 3.8) is 0 Å². The van der Waals surface area contributed by atoms with Crippen molar-refractivity contribution in [3.05, 3.63) is 24.3 Å². The summed E-state index contributed by atoms with van der Waals surface area (Å²) in [7, 11) is 0. The van der Waals surface area contributed by atoms with Crippen LogP contribution in [0.1, 0.15) is 32.1 Å². The quantitative estimate of drug-likeness (QED) is 0.826. The summed E-state index contributed by atoms with van der Waals surface area (Å²) in [6.45, 7) is 1.78. The van der Waals surface area contributed by atoms with Gasteiger partial charge in [-0.15, -0.1) is 0 Å². The monoisotopic (exact) mass is 286 g/mol. The van der Waals surface area contributed by atoms with E-state index < -0.39 is 0 Å². The Kier molecular flexibility index (Phi) is 4.50. The van der Waals surface area contributed by atoms with Gasteiger partial charge in [0.25, 0.3) is 5.88 Å². The highest BCUT2D eigenvalue weighted by atomic mass is 16.5. The van der Waals surface area contributed by atoms with Crippen LogP contribution in [0.25, 0.3) is 11.0 Å². The maximum Gasteiger partial charge on any atom is 0.257 e. The Morgan fingerprint density at radius 3 is 2.76 bits per heavy atom. The second-order valence-electron chi connectivity index (χ2n) is 5.54. The van der Waals surface area contributed by atoms with E-state index in [-0.39, 0.29) is 0 Å². The maximum atomic E-state index is 5.90. The third-order valence-corrected chi connectivity index (χ3v) is 3.91. The molecule has 1 fully saturated rings. The molecule has 21 heavy (non-hydrogen) atoms. The second kappa shape index (κ2) is 6.72. The highest BCUT2D eigenvalue weighted by molar-refractivity contribution is 5.76. The molecule has 5 heteroatoms. The predicted molar refractivity (Wildman–Crippen MR) is 84.3 cm³/mol. The summed E-state index contributed by atoms with van der Waals surface area (Å²) < 4.78 is 5.71. The van der Waals surface area contributed by atoms with Crippen LogP contribution in [0.4, 0.5) is 5.82 Å². The lowest BCUT2D eigenvalue weighted by Crippen LogP contribution is -2.34. The summed E-state index contributed by atoms with van der Waals surface area (Å²) >= 11 is 0. The summed E-state index contributed by atoms with van der Waals surface area (Å²) in [5.74, 6) is 0.815. The molecule has 3 rings (SSSR count). The van der Waals surface area contributed by atoms with Crippen LogP contribution in [0.2, 0.25) is 0 Å². The van der Waals surface area contributed by atoms with Gasteiger partial charge in [0.15, 0.2) is 5.82 Å². The Labute approximate surface area is 124 Å². The molecule has 2 heterocycles. The molecule has 3 N–H and O–H groups in total. The number of hydrogen-bond acceptors (Lipinski definition) is 5. The van der Waals surface area contributed by atoms with Gasteiger partial charge in [-0.25, -0.2) is 9.97 Å². The van der Waals surface area contributed by atoms with Gasteiger partial charge in [-0.05, 0) is 44.4 Å². The molecule has 0 amide bonds. The van der Waals surface area contributed by atoms with Crippen LogP contribution >= 0.6 is 0 Å². The minimum absolute atomic E-state index is 0.365. The van der Waals surface area contributed by atoms with E-state index in [4.69, 9.17) is 10.5 Å². The number of ether oxygens (including phenoxy) is 1. The smallest absolute Gasteiger partial charge is 0.257 e. The van der Waals surface area contributed by atoms with Gasteiger partial charge in [-0.3, -0.25) is 0 Å². The molecule has 1 aromatic heterocycles. The van der Waals surface area contributed by atoms with Gasteiger partial charge in [-0.2, -0.15) is 0 Å². The minimum Gasteiger partial charge on any atom is -0.475 e. The summed E-state index contributed by atoms with van der Waals surface area (Å²) in [6.07, 6.45) is 6.06. The van der Waals surface area contributed by atoms with E-state index in [0.29, 0.717) is 24.3 Å². The van der Waals surface area contributed by atoms with Crippen molar-refractivity contribution in [3.8, 4) is 5.88 Å². The fraction of sp³-hybridized carbons (Fsp3) is 0.500. The second-order valence-corrected chi connectivity index (χ2v) is 5.54. The van der Waals surface area contributed by atoms with Gasteiger partial charge in [0.2, 0.25) is 0 Å². The molecule has 0 bridgehead atoms. The lowest BCUT2D eigenvalue weighted by atomic mass is 10.0. The topological polar surface area (TPSA) is 73.1 Å². The fourth-order valence-corrected chi connectivity index (χ4v) is 2.77. The van der Waals surface area contributed by atoms with Crippen molar-refractivity contribution in [1.29, 1.82) is 0 Å². The number of hydrogen-bond donors (Lipinski definition) is 2. The normalized spacial score (nSPS) is 18.8. The van der Waals surface area contributed by atoms with Gasteiger partial charge in [0, 0.05) is 6.04 Å². The van der Waals surface area contributed by atoms with Gasteiger partial charge in [0.05, 0.1) is 17.6 Å². The van der Waals surface area contributed by atoms with Crippen LogP contribution in [0.3, 0.4) is 0 Å². The van der Waals surface area contributed by atoms with E-state index in [1.807, 2.05) is 24.3 Å². The molecule has 1 aromatic carbocycles. The minimum atomic E-state index is 0.365. The molecule has 1 saturated heterocycles. The SMILES string of the molecule is Nc1nc2ccccc2nc1OCCC[C@H]1CCCCN1. The Bertz CT molecular complexity index is 596. The molecule has 1 aliphatic rings. The molecule has 0 aliphatic carbocycles. The van der Waals surface area contributed by atoms with Crippen molar-refractivity contribution in [2.45, 2.75) is 38.1 Å². The number of nitrogens with zero attached hydrogens (tertiary/aromatic N) is 2. The molecule has 1 atom stereocenters. The van der Waals surface area contributed by atoms with Crippen LogP contribution in [-0.4, -0.2) is 29.2 Å². The fourth-order valence-electron chi connectivity index (χ4n) is 2.77. The van der Waals surface area contributed by atoms with Crippen LogP contribution in [-0.2, 0) is 0 Å². The molecule has 0 radical (unpaired) electrons. The lowest BCUT2D eigenvalue weighted by Gasteiger charge is -2.23. The summed E-state index contributed by atoms with van der Waals surface area (Å²) in [6, 6.07) is 8.32. The van der Waals surface area contributed by atoms with Crippen molar-refractivity contribution >= 4 is 16.9 Å². The zero-order chi connectivity index (χ0) is 14.5. The number of anilines is 1.